The first-order valence-corrected chi connectivity index (χ1v) is 12.6. The van der Waals surface area contributed by atoms with Gasteiger partial charge in [0.25, 0.3) is 0 Å². The molecule has 5 rings (SSSR count). The van der Waals surface area contributed by atoms with Gasteiger partial charge in [0, 0.05) is 18.3 Å². The first-order chi connectivity index (χ1) is 16.1. The van der Waals surface area contributed by atoms with E-state index in [1.54, 1.807) is 12.1 Å². The van der Waals surface area contributed by atoms with Crippen LogP contribution >= 0.6 is 0 Å². The van der Waals surface area contributed by atoms with Crippen molar-refractivity contribution in [1.82, 2.24) is 0 Å². The molecule has 1 aromatic rings. The Hall–Kier alpha value is -2.40. The van der Waals surface area contributed by atoms with E-state index in [4.69, 9.17) is 9.47 Å². The smallest absolute Gasteiger partial charge is 0.338 e. The van der Waals surface area contributed by atoms with Crippen LogP contribution in [-0.2, 0) is 14.3 Å². The van der Waals surface area contributed by atoms with Gasteiger partial charge < -0.3 is 14.6 Å². The third kappa shape index (κ3) is 3.23. The number of hydrogen-bond donors (Lipinski definition) is 1. The van der Waals surface area contributed by atoms with Gasteiger partial charge in [-0.25, -0.2) is 4.79 Å². The third-order valence-electron chi connectivity index (χ3n) is 9.62. The highest BCUT2D eigenvalue weighted by atomic mass is 16.5. The Morgan fingerprint density at radius 1 is 1.15 bits per heavy atom. The normalized spacial score (nSPS) is 40.6. The number of rotatable bonds is 4. The second kappa shape index (κ2) is 8.08. The van der Waals surface area contributed by atoms with E-state index in [2.05, 4.69) is 26.5 Å². The van der Waals surface area contributed by atoms with E-state index in [9.17, 15) is 14.7 Å². The molecule has 0 aromatic heterocycles. The SMILES string of the molecule is C=C1[C@@H](OC(=O)c2ccccc2)[C@@]23CCC4[C@@](C)(COC(C)=O)CCC[C@@]4(C)C2=CC[C@@H]1[C@H]3O. The predicted molar refractivity (Wildman–Crippen MR) is 129 cm³/mol. The van der Waals surface area contributed by atoms with E-state index in [1.807, 2.05) is 18.2 Å². The van der Waals surface area contributed by atoms with Crippen LogP contribution in [0.1, 0.15) is 69.7 Å². The van der Waals surface area contributed by atoms with Crippen LogP contribution in [0.4, 0.5) is 0 Å². The van der Waals surface area contributed by atoms with Crippen molar-refractivity contribution in [2.24, 2.45) is 28.1 Å². The molecule has 7 atom stereocenters. The lowest BCUT2D eigenvalue weighted by atomic mass is 9.43. The number of benzene rings is 1. The number of esters is 2. The molecule has 0 heterocycles. The minimum absolute atomic E-state index is 0.0894. The summed E-state index contributed by atoms with van der Waals surface area (Å²) in [6.07, 6.45) is 6.60. The highest BCUT2D eigenvalue weighted by Gasteiger charge is 2.69. The van der Waals surface area contributed by atoms with Crippen molar-refractivity contribution in [3.05, 3.63) is 59.7 Å². The molecule has 1 N–H and O–H groups in total. The van der Waals surface area contributed by atoms with E-state index < -0.39 is 17.6 Å². The summed E-state index contributed by atoms with van der Waals surface area (Å²) in [5, 5.41) is 11.7. The molecule has 0 aliphatic heterocycles. The van der Waals surface area contributed by atoms with Crippen molar-refractivity contribution in [3.8, 4) is 0 Å². The highest BCUT2D eigenvalue weighted by molar-refractivity contribution is 5.89. The van der Waals surface area contributed by atoms with Gasteiger partial charge in [0.15, 0.2) is 0 Å². The van der Waals surface area contributed by atoms with Gasteiger partial charge in [0.2, 0.25) is 0 Å². The van der Waals surface area contributed by atoms with Gasteiger partial charge in [-0.1, -0.05) is 56.7 Å². The van der Waals surface area contributed by atoms with Crippen LogP contribution in [-0.4, -0.2) is 35.9 Å². The van der Waals surface area contributed by atoms with Crippen LogP contribution in [0, 0.1) is 28.1 Å². The molecule has 0 saturated heterocycles. The molecular weight excluding hydrogens is 428 g/mol. The minimum atomic E-state index is -0.630. The second-order valence-corrected chi connectivity index (χ2v) is 11.5. The Balaban J connectivity index is 1.52. The van der Waals surface area contributed by atoms with Crippen LogP contribution in [0.5, 0.6) is 0 Å². The van der Waals surface area contributed by atoms with Crippen LogP contribution in [0.25, 0.3) is 0 Å². The minimum Gasteiger partial charge on any atom is -0.465 e. The van der Waals surface area contributed by atoms with E-state index in [1.165, 1.54) is 12.5 Å². The van der Waals surface area contributed by atoms with Gasteiger partial charge in [0.1, 0.15) is 6.10 Å². The van der Waals surface area contributed by atoms with Crippen molar-refractivity contribution in [3.63, 3.8) is 0 Å². The van der Waals surface area contributed by atoms with Gasteiger partial charge in [-0.15, -0.1) is 0 Å². The maximum Gasteiger partial charge on any atom is 0.338 e. The standard InChI is InChI=1S/C29H36O5/c1-18-21-11-12-23-28(4)15-8-14-27(3,17-33-19(2)30)22(28)13-16-29(23,24(21)31)25(18)34-26(32)20-9-6-5-7-10-20/h5-7,9-10,12,21-22,24-25,31H,1,8,11,13-17H2,2-4H3/t21-,22?,24+,25+,27+,28+,29-/m0/s1. The van der Waals surface area contributed by atoms with Crippen LogP contribution in [0.3, 0.4) is 0 Å². The fraction of sp³-hybridized carbons (Fsp3) is 0.586. The first kappa shape index (κ1) is 23.3. The van der Waals surface area contributed by atoms with Gasteiger partial charge in [0.05, 0.1) is 23.7 Å². The lowest BCUT2D eigenvalue weighted by Gasteiger charge is -2.62. The topological polar surface area (TPSA) is 72.8 Å². The van der Waals surface area contributed by atoms with Crippen molar-refractivity contribution in [2.45, 2.75) is 71.5 Å². The molecule has 5 nitrogen and oxygen atoms in total. The third-order valence-corrected chi connectivity index (χ3v) is 9.62. The van der Waals surface area contributed by atoms with Crippen LogP contribution in [0.15, 0.2) is 54.1 Å². The Morgan fingerprint density at radius 3 is 2.59 bits per heavy atom. The Labute approximate surface area is 202 Å². The van der Waals surface area contributed by atoms with Crippen molar-refractivity contribution >= 4 is 11.9 Å². The molecule has 3 saturated carbocycles. The molecule has 1 unspecified atom stereocenters. The summed E-state index contributed by atoms with van der Waals surface area (Å²) < 4.78 is 11.7. The number of aliphatic hydroxyl groups excluding tert-OH is 1. The molecular formula is C29H36O5. The molecule has 1 aromatic carbocycles. The quantitative estimate of drug-likeness (QED) is 0.487. The number of allylic oxidation sites excluding steroid dienone is 1. The fourth-order valence-corrected chi connectivity index (χ4v) is 8.16. The van der Waals surface area contributed by atoms with E-state index >= 15 is 0 Å². The summed E-state index contributed by atoms with van der Waals surface area (Å²) in [7, 11) is 0. The lowest BCUT2D eigenvalue weighted by Crippen LogP contribution is -2.58. The Kier molecular flexibility index (Phi) is 5.55. The van der Waals surface area contributed by atoms with Crippen LogP contribution < -0.4 is 0 Å². The fourth-order valence-electron chi connectivity index (χ4n) is 8.16. The molecule has 0 amide bonds. The van der Waals surface area contributed by atoms with Gasteiger partial charge in [-0.05, 0) is 61.1 Å². The summed E-state index contributed by atoms with van der Waals surface area (Å²) in [5.41, 5.74) is 1.69. The maximum absolute atomic E-state index is 13.1. The zero-order valence-electron chi connectivity index (χ0n) is 20.5. The van der Waals surface area contributed by atoms with E-state index in [0.717, 1.165) is 44.1 Å². The average molecular weight is 465 g/mol. The van der Waals surface area contributed by atoms with Crippen molar-refractivity contribution in [1.29, 1.82) is 0 Å². The first-order valence-electron chi connectivity index (χ1n) is 12.6. The summed E-state index contributed by atoms with van der Waals surface area (Å²) in [6, 6.07) is 9.05. The Bertz CT molecular complexity index is 1040. The average Bonchev–Trinajstić information content (AvgIpc) is 2.91. The molecule has 2 bridgehead atoms. The van der Waals surface area contributed by atoms with E-state index in [0.29, 0.717) is 18.1 Å². The summed E-state index contributed by atoms with van der Waals surface area (Å²) in [5.74, 6) is -0.367. The van der Waals surface area contributed by atoms with Gasteiger partial charge >= 0.3 is 11.9 Å². The maximum atomic E-state index is 13.1. The van der Waals surface area contributed by atoms with Crippen molar-refractivity contribution < 1.29 is 24.2 Å². The number of ether oxygens (including phenoxy) is 2. The monoisotopic (exact) mass is 464 g/mol. The number of carbonyl (C=O) groups excluding carboxylic acids is 2. The number of hydrogen-bond acceptors (Lipinski definition) is 5. The molecule has 182 valence electrons. The van der Waals surface area contributed by atoms with E-state index in [-0.39, 0.29) is 28.7 Å². The van der Waals surface area contributed by atoms with Crippen LogP contribution in [0.2, 0.25) is 0 Å². The predicted octanol–water partition coefficient (Wildman–Crippen LogP) is 5.25. The summed E-state index contributed by atoms with van der Waals surface area (Å²) in [6.45, 7) is 10.8. The zero-order chi connectivity index (χ0) is 24.3. The molecule has 34 heavy (non-hydrogen) atoms. The van der Waals surface area contributed by atoms with Crippen molar-refractivity contribution in [2.75, 3.05) is 6.61 Å². The summed E-state index contributed by atoms with van der Waals surface area (Å²) >= 11 is 0. The Morgan fingerprint density at radius 2 is 1.88 bits per heavy atom. The number of aliphatic hydroxyl groups is 1. The number of fused-ring (bicyclic) bond motifs is 3. The molecule has 3 fully saturated rings. The molecule has 5 heteroatoms. The molecule has 4 aliphatic rings. The summed E-state index contributed by atoms with van der Waals surface area (Å²) in [4.78, 5) is 24.7. The largest absolute Gasteiger partial charge is 0.465 e. The lowest BCUT2D eigenvalue weighted by molar-refractivity contribution is -0.153. The number of carbonyl (C=O) groups is 2. The molecule has 4 aliphatic carbocycles. The zero-order valence-corrected chi connectivity index (χ0v) is 20.5. The van der Waals surface area contributed by atoms with Gasteiger partial charge in [-0.3, -0.25) is 4.79 Å². The molecule has 1 spiro atoms. The molecule has 0 radical (unpaired) electrons. The van der Waals surface area contributed by atoms with Gasteiger partial charge in [-0.2, -0.15) is 0 Å². The highest BCUT2D eigenvalue weighted by Crippen LogP contribution is 2.71. The second-order valence-electron chi connectivity index (χ2n) is 11.5.